The highest BCUT2D eigenvalue weighted by molar-refractivity contribution is 5.96. The number of amides is 1. The van der Waals surface area contributed by atoms with E-state index in [1.165, 1.54) is 56.7 Å². The van der Waals surface area contributed by atoms with Gasteiger partial charge in [-0.2, -0.15) is 13.2 Å². The fourth-order valence-electron chi connectivity index (χ4n) is 5.27. The Labute approximate surface area is 181 Å². The molecule has 2 heterocycles. The van der Waals surface area contributed by atoms with Crippen molar-refractivity contribution in [3.63, 3.8) is 0 Å². The number of piperidine rings is 2. The number of rotatable bonds is 4. The highest BCUT2D eigenvalue weighted by atomic mass is 19.4. The van der Waals surface area contributed by atoms with Crippen LogP contribution in [-0.2, 0) is 12.7 Å². The second-order valence-corrected chi connectivity index (χ2v) is 8.69. The molecule has 1 N–H and O–H groups in total. The van der Waals surface area contributed by atoms with Gasteiger partial charge in [-0.15, -0.1) is 0 Å². The van der Waals surface area contributed by atoms with E-state index in [9.17, 15) is 18.0 Å². The van der Waals surface area contributed by atoms with Crippen LogP contribution in [0.2, 0.25) is 0 Å². The van der Waals surface area contributed by atoms with E-state index in [4.69, 9.17) is 0 Å². The number of halogens is 3. The lowest BCUT2D eigenvalue weighted by molar-refractivity contribution is -0.138. The number of alkyl halides is 3. The first kappa shape index (κ1) is 21.9. The average Bonchev–Trinajstić information content (AvgIpc) is 2.76. The van der Waals surface area contributed by atoms with Gasteiger partial charge in [-0.25, -0.2) is 0 Å². The Balaban J connectivity index is 1.52. The Morgan fingerprint density at radius 3 is 2.61 bits per heavy atom. The maximum atomic E-state index is 13.2. The second-order valence-electron chi connectivity index (χ2n) is 8.69. The molecule has 2 atom stereocenters. The van der Waals surface area contributed by atoms with Crippen LogP contribution in [0.4, 0.5) is 13.2 Å². The number of hydrogen-bond donors (Lipinski definition) is 1. The number of carbonyl (C=O) groups is 1. The quantitative estimate of drug-likeness (QED) is 0.643. The Morgan fingerprint density at radius 2 is 1.81 bits per heavy atom. The van der Waals surface area contributed by atoms with Gasteiger partial charge in [-0.3, -0.25) is 9.69 Å². The first-order valence-electron chi connectivity index (χ1n) is 11.1. The van der Waals surface area contributed by atoms with Crippen LogP contribution in [0.25, 0.3) is 0 Å². The fourth-order valence-corrected chi connectivity index (χ4v) is 5.27. The molecule has 0 aliphatic carbocycles. The maximum absolute atomic E-state index is 13.2. The summed E-state index contributed by atoms with van der Waals surface area (Å²) in [5, 5.41) is 2.86. The molecule has 166 valence electrons. The lowest BCUT2D eigenvalue weighted by Gasteiger charge is -2.45. The van der Waals surface area contributed by atoms with Crippen LogP contribution >= 0.6 is 0 Å². The number of benzene rings is 2. The molecule has 0 bridgehead atoms. The smallest absolute Gasteiger partial charge is 0.348 e. The molecule has 2 unspecified atom stereocenters. The minimum absolute atomic E-state index is 0.0378. The molecular weight excluding hydrogens is 401 g/mol. The summed E-state index contributed by atoms with van der Waals surface area (Å²) in [6.07, 6.45) is 2.86. The zero-order chi connectivity index (χ0) is 22.0. The van der Waals surface area contributed by atoms with Gasteiger partial charge < -0.3 is 5.32 Å². The molecule has 0 aromatic heterocycles. The molecule has 2 aromatic carbocycles. The second kappa shape index (κ2) is 9.03. The van der Waals surface area contributed by atoms with Gasteiger partial charge in [-0.1, -0.05) is 36.8 Å². The molecule has 0 saturated carbocycles. The predicted octanol–water partition coefficient (Wildman–Crippen LogP) is 6.02. The van der Waals surface area contributed by atoms with Crippen LogP contribution in [0.5, 0.6) is 0 Å². The molecule has 2 aromatic rings. The summed E-state index contributed by atoms with van der Waals surface area (Å²) >= 11 is 0. The summed E-state index contributed by atoms with van der Waals surface area (Å²) in [6, 6.07) is 12.9. The number of fused-ring (bicyclic) bond motifs is 1. The Hall–Kier alpha value is -2.34. The molecule has 0 radical (unpaired) electrons. The monoisotopic (exact) mass is 430 g/mol. The third kappa shape index (κ3) is 4.64. The van der Waals surface area contributed by atoms with E-state index in [1.54, 1.807) is 0 Å². The molecule has 1 amide bonds. The van der Waals surface area contributed by atoms with Crippen LogP contribution in [0.1, 0.15) is 77.2 Å². The van der Waals surface area contributed by atoms with Crippen molar-refractivity contribution >= 4 is 5.91 Å². The molecule has 6 heteroatoms. The van der Waals surface area contributed by atoms with Gasteiger partial charge >= 0.3 is 6.18 Å². The van der Waals surface area contributed by atoms with Crippen molar-refractivity contribution in [1.29, 1.82) is 0 Å². The molecule has 2 aliphatic heterocycles. The third-order valence-electron chi connectivity index (χ3n) is 6.83. The minimum Gasteiger partial charge on any atom is -0.348 e. The van der Waals surface area contributed by atoms with Gasteiger partial charge in [0.25, 0.3) is 5.91 Å². The van der Waals surface area contributed by atoms with Crippen molar-refractivity contribution in [2.75, 3.05) is 6.54 Å². The first-order chi connectivity index (χ1) is 14.9. The van der Waals surface area contributed by atoms with Crippen LogP contribution < -0.4 is 5.32 Å². The standard InChI is InChI=1S/C25H29F3N2O/c1-17-20(12-7-13-22(17)25(26,27)28)24(31)29-16-18-8-2-3-11-21(18)23-14-6-10-19-9-4-5-15-30(19)23/h2-3,7-8,11-13,19,23H,4-6,9-10,14-16H2,1H3,(H,29,31). The summed E-state index contributed by atoms with van der Waals surface area (Å²) in [5.41, 5.74) is 1.54. The Bertz CT molecular complexity index is 939. The Kier molecular flexibility index (Phi) is 6.37. The fraction of sp³-hybridized carbons (Fsp3) is 0.480. The van der Waals surface area contributed by atoms with E-state index in [0.29, 0.717) is 18.6 Å². The molecule has 3 nitrogen and oxygen atoms in total. The summed E-state index contributed by atoms with van der Waals surface area (Å²) in [6.45, 7) is 2.77. The van der Waals surface area contributed by atoms with E-state index in [-0.39, 0.29) is 11.1 Å². The van der Waals surface area contributed by atoms with Gasteiger partial charge in [0.05, 0.1) is 5.56 Å². The average molecular weight is 431 g/mol. The lowest BCUT2D eigenvalue weighted by Crippen LogP contribution is -2.45. The van der Waals surface area contributed by atoms with Gasteiger partial charge in [0.1, 0.15) is 0 Å². The summed E-state index contributed by atoms with van der Waals surface area (Å²) < 4.78 is 39.6. The minimum atomic E-state index is -4.47. The molecule has 2 fully saturated rings. The largest absolute Gasteiger partial charge is 0.416 e. The molecule has 31 heavy (non-hydrogen) atoms. The van der Waals surface area contributed by atoms with Gasteiger partial charge in [-0.05, 0) is 74.4 Å². The van der Waals surface area contributed by atoms with Crippen molar-refractivity contribution in [3.8, 4) is 0 Å². The zero-order valence-corrected chi connectivity index (χ0v) is 17.8. The maximum Gasteiger partial charge on any atom is 0.416 e. The van der Waals surface area contributed by atoms with Crippen molar-refractivity contribution in [2.24, 2.45) is 0 Å². The molecule has 0 spiro atoms. The van der Waals surface area contributed by atoms with E-state index in [2.05, 4.69) is 16.3 Å². The number of hydrogen-bond acceptors (Lipinski definition) is 2. The predicted molar refractivity (Wildman–Crippen MR) is 115 cm³/mol. The van der Waals surface area contributed by atoms with E-state index < -0.39 is 17.6 Å². The highest BCUT2D eigenvalue weighted by Gasteiger charge is 2.35. The van der Waals surface area contributed by atoms with Crippen LogP contribution in [0.3, 0.4) is 0 Å². The van der Waals surface area contributed by atoms with Crippen LogP contribution in [0, 0.1) is 6.92 Å². The third-order valence-corrected chi connectivity index (χ3v) is 6.83. The van der Waals surface area contributed by atoms with Gasteiger partial charge in [0, 0.05) is 24.2 Å². The number of nitrogens with one attached hydrogen (secondary N) is 1. The first-order valence-corrected chi connectivity index (χ1v) is 11.1. The van der Waals surface area contributed by atoms with E-state index in [1.807, 2.05) is 18.2 Å². The van der Waals surface area contributed by atoms with Gasteiger partial charge in [0.2, 0.25) is 0 Å². The summed E-state index contributed by atoms with van der Waals surface area (Å²) in [4.78, 5) is 15.4. The van der Waals surface area contributed by atoms with Crippen molar-refractivity contribution in [2.45, 2.75) is 70.3 Å². The van der Waals surface area contributed by atoms with E-state index >= 15 is 0 Å². The summed E-state index contributed by atoms with van der Waals surface area (Å²) in [5.74, 6) is -0.474. The van der Waals surface area contributed by atoms with Crippen LogP contribution in [0.15, 0.2) is 42.5 Å². The number of nitrogens with zero attached hydrogens (tertiary/aromatic N) is 1. The SMILES string of the molecule is Cc1c(C(=O)NCc2ccccc2C2CCCC3CCCCN32)cccc1C(F)(F)F. The Morgan fingerprint density at radius 1 is 1.03 bits per heavy atom. The zero-order valence-electron chi connectivity index (χ0n) is 17.8. The highest BCUT2D eigenvalue weighted by Crippen LogP contribution is 2.39. The summed E-state index contributed by atoms with van der Waals surface area (Å²) in [7, 11) is 0. The van der Waals surface area contributed by atoms with Crippen molar-refractivity contribution < 1.29 is 18.0 Å². The van der Waals surface area contributed by atoms with E-state index in [0.717, 1.165) is 24.6 Å². The van der Waals surface area contributed by atoms with Crippen molar-refractivity contribution in [1.82, 2.24) is 10.2 Å². The van der Waals surface area contributed by atoms with Crippen LogP contribution in [-0.4, -0.2) is 23.4 Å². The van der Waals surface area contributed by atoms with Crippen molar-refractivity contribution in [3.05, 3.63) is 70.3 Å². The molecular formula is C25H29F3N2O. The van der Waals surface area contributed by atoms with Gasteiger partial charge in [0.15, 0.2) is 0 Å². The molecule has 2 aliphatic rings. The topological polar surface area (TPSA) is 32.3 Å². The molecule has 4 rings (SSSR count). The lowest BCUT2D eigenvalue weighted by atomic mass is 9.84. The number of carbonyl (C=O) groups excluding carboxylic acids is 1. The normalized spacial score (nSPS) is 22.1. The molecule has 2 saturated heterocycles.